The van der Waals surface area contributed by atoms with E-state index in [9.17, 15) is 19.2 Å². The average molecular weight is 748 g/mol. The Balaban J connectivity index is 1.37. The van der Waals surface area contributed by atoms with E-state index in [2.05, 4.69) is 26.3 Å². The number of para-hydroxylation sites is 1. The zero-order valence-electron chi connectivity index (χ0n) is 32.4. The maximum Gasteiger partial charge on any atom is 0.407 e. The summed E-state index contributed by atoms with van der Waals surface area (Å²) in [5, 5.41) is 18.0. The van der Waals surface area contributed by atoms with Crippen LogP contribution in [0.25, 0.3) is 22.5 Å². The van der Waals surface area contributed by atoms with E-state index in [1.807, 2.05) is 76.2 Å². The van der Waals surface area contributed by atoms with Crippen LogP contribution in [0.5, 0.6) is 0 Å². The minimum Gasteiger partial charge on any atom is -0.448 e. The fraction of sp³-hybridized carbons (Fsp3) is 0.550. The molecule has 294 valence electrons. The monoisotopic (exact) mass is 747 g/mol. The molecular formula is C40H57N7O7. The molecule has 3 amide bonds. The Morgan fingerprint density at radius 1 is 0.833 bits per heavy atom. The number of rotatable bonds is 22. The van der Waals surface area contributed by atoms with Gasteiger partial charge in [-0.15, -0.1) is 5.10 Å². The lowest BCUT2D eigenvalue weighted by Gasteiger charge is -2.28. The highest BCUT2D eigenvalue weighted by Crippen LogP contribution is 2.41. The number of benzene rings is 2. The van der Waals surface area contributed by atoms with Gasteiger partial charge in [0.1, 0.15) is 12.3 Å². The second kappa shape index (κ2) is 21.9. The number of unbranched alkanes of at least 4 members (excludes halogenated alkanes) is 1. The highest BCUT2D eigenvalue weighted by molar-refractivity contribution is 6.01. The van der Waals surface area contributed by atoms with Crippen molar-refractivity contribution in [3.8, 4) is 22.5 Å². The van der Waals surface area contributed by atoms with E-state index in [1.165, 1.54) is 0 Å². The number of hydrogen-bond donors (Lipinski definition) is 3. The number of ketones is 1. The molecule has 1 aromatic heterocycles. The third-order valence-corrected chi connectivity index (χ3v) is 9.03. The van der Waals surface area contributed by atoms with Crippen molar-refractivity contribution in [3.63, 3.8) is 0 Å². The number of hydrogen-bond acceptors (Lipinski definition) is 10. The van der Waals surface area contributed by atoms with Crippen molar-refractivity contribution in [1.82, 2.24) is 30.9 Å². The van der Waals surface area contributed by atoms with Gasteiger partial charge in [-0.05, 0) is 37.3 Å². The van der Waals surface area contributed by atoms with Crippen LogP contribution in [0.4, 0.5) is 10.5 Å². The molecule has 4 rings (SSSR count). The number of amides is 3. The van der Waals surface area contributed by atoms with E-state index >= 15 is 0 Å². The van der Waals surface area contributed by atoms with Crippen LogP contribution in [0, 0.1) is 5.92 Å². The maximum absolute atomic E-state index is 13.8. The summed E-state index contributed by atoms with van der Waals surface area (Å²) in [7, 11) is 1.64. The van der Waals surface area contributed by atoms with E-state index in [0.717, 1.165) is 29.5 Å². The minimum atomic E-state index is -0.533. The molecule has 0 bridgehead atoms. The predicted octanol–water partition coefficient (Wildman–Crippen LogP) is 4.90. The molecule has 0 saturated carbocycles. The Kier molecular flexibility index (Phi) is 17.1. The molecule has 0 aliphatic carbocycles. The van der Waals surface area contributed by atoms with Crippen LogP contribution in [0.15, 0.2) is 48.5 Å². The van der Waals surface area contributed by atoms with Crippen LogP contribution in [0.1, 0.15) is 71.8 Å². The number of fused-ring (bicyclic) bond motifs is 5. The zero-order valence-corrected chi connectivity index (χ0v) is 32.4. The van der Waals surface area contributed by atoms with Gasteiger partial charge in [-0.25, -0.2) is 9.48 Å². The van der Waals surface area contributed by atoms with Crippen molar-refractivity contribution in [2.24, 2.45) is 5.92 Å². The first-order chi connectivity index (χ1) is 26.1. The highest BCUT2D eigenvalue weighted by Gasteiger charge is 2.29. The second-order valence-corrected chi connectivity index (χ2v) is 14.0. The van der Waals surface area contributed by atoms with Crippen LogP contribution >= 0.6 is 0 Å². The zero-order chi connectivity index (χ0) is 38.9. The summed E-state index contributed by atoms with van der Waals surface area (Å²) < 4.78 is 17.7. The van der Waals surface area contributed by atoms with Gasteiger partial charge in [0.05, 0.1) is 37.1 Å². The van der Waals surface area contributed by atoms with Crippen LogP contribution in [-0.4, -0.2) is 97.4 Å². The number of ether oxygens (including phenoxy) is 3. The molecule has 3 N–H and O–H groups in total. The van der Waals surface area contributed by atoms with Crippen molar-refractivity contribution in [2.75, 3.05) is 51.5 Å². The van der Waals surface area contributed by atoms with Crippen molar-refractivity contribution in [3.05, 3.63) is 54.1 Å². The molecule has 1 atom stereocenters. The minimum absolute atomic E-state index is 0.0236. The molecule has 0 spiro atoms. The third-order valence-electron chi connectivity index (χ3n) is 9.03. The van der Waals surface area contributed by atoms with Gasteiger partial charge in [0.15, 0.2) is 5.78 Å². The van der Waals surface area contributed by atoms with Gasteiger partial charge in [-0.3, -0.25) is 14.4 Å². The number of carbonyl (C=O) groups excluding carboxylic acids is 4. The number of carbonyl (C=O) groups is 4. The number of nitrogens with one attached hydrogen (secondary N) is 3. The van der Waals surface area contributed by atoms with E-state index < -0.39 is 6.09 Å². The van der Waals surface area contributed by atoms with Gasteiger partial charge >= 0.3 is 6.09 Å². The number of anilines is 1. The summed E-state index contributed by atoms with van der Waals surface area (Å²) in [4.78, 5) is 53.3. The normalized spacial score (nSPS) is 12.7. The number of methoxy groups -OCH3 is 1. The summed E-state index contributed by atoms with van der Waals surface area (Å²) in [5.41, 5.74) is 4.52. The second-order valence-electron chi connectivity index (χ2n) is 14.0. The molecule has 0 saturated heterocycles. The molecule has 54 heavy (non-hydrogen) atoms. The molecule has 2 heterocycles. The van der Waals surface area contributed by atoms with Gasteiger partial charge in [0, 0.05) is 69.3 Å². The smallest absolute Gasteiger partial charge is 0.407 e. The standard InChI is InChI=1S/C40H57N7O7/c1-28(2)39(50)33(43-29(3)4)16-10-11-20-42-40(51)54-26-22-47-38-32-15-8-9-17-34(32)46(27-30-13-6-7-14-31(30)37(38)44-45-47)36(49)19-18-35(48)41-21-25-53-24-12-23-52-5/h6-9,13-15,17,28-29,33,43H,10-12,16,18-27H2,1-5H3,(H,41,48)(H,42,51). The Hall–Kier alpha value is -4.66. The summed E-state index contributed by atoms with van der Waals surface area (Å²) in [6.07, 6.45) is 2.52. The summed E-state index contributed by atoms with van der Waals surface area (Å²) in [6.45, 7) is 10.8. The van der Waals surface area contributed by atoms with E-state index in [4.69, 9.17) is 14.2 Å². The molecule has 3 aromatic rings. The van der Waals surface area contributed by atoms with Gasteiger partial charge in [-0.2, -0.15) is 0 Å². The lowest BCUT2D eigenvalue weighted by molar-refractivity contribution is -0.125. The fourth-order valence-electron chi connectivity index (χ4n) is 6.36. The first kappa shape index (κ1) is 42.1. The van der Waals surface area contributed by atoms with Crippen LogP contribution < -0.4 is 20.9 Å². The summed E-state index contributed by atoms with van der Waals surface area (Å²) in [6, 6.07) is 15.3. The van der Waals surface area contributed by atoms with E-state index in [1.54, 1.807) is 16.7 Å². The molecular weight excluding hydrogens is 690 g/mol. The Morgan fingerprint density at radius 3 is 2.35 bits per heavy atom. The van der Waals surface area contributed by atoms with Crippen molar-refractivity contribution in [2.45, 2.75) is 91.4 Å². The lowest BCUT2D eigenvalue weighted by atomic mass is 9.95. The highest BCUT2D eigenvalue weighted by atomic mass is 16.5. The molecule has 0 fully saturated rings. The van der Waals surface area contributed by atoms with E-state index in [-0.39, 0.29) is 61.6 Å². The van der Waals surface area contributed by atoms with Gasteiger partial charge in [0.2, 0.25) is 11.8 Å². The summed E-state index contributed by atoms with van der Waals surface area (Å²) in [5.74, 6) is -0.246. The quantitative estimate of drug-likeness (QED) is 0.121. The Bertz CT molecular complexity index is 1680. The molecule has 1 unspecified atom stereocenters. The van der Waals surface area contributed by atoms with Crippen LogP contribution in [0.3, 0.4) is 0 Å². The van der Waals surface area contributed by atoms with E-state index in [0.29, 0.717) is 69.4 Å². The topological polar surface area (TPSA) is 166 Å². The first-order valence-corrected chi connectivity index (χ1v) is 19.1. The molecule has 14 heteroatoms. The number of alkyl carbamates (subject to hydrolysis) is 1. The molecule has 1 aliphatic rings. The Labute approximate surface area is 318 Å². The number of Topliss-reactive ketones (excluding diaryl/α,β-unsaturated/α-hetero) is 1. The average Bonchev–Trinajstić information content (AvgIpc) is 3.56. The number of aromatic nitrogens is 3. The first-order valence-electron chi connectivity index (χ1n) is 19.1. The van der Waals surface area contributed by atoms with Gasteiger partial charge in [-0.1, -0.05) is 75.4 Å². The third kappa shape index (κ3) is 12.5. The summed E-state index contributed by atoms with van der Waals surface area (Å²) >= 11 is 0. The van der Waals surface area contributed by atoms with Gasteiger partial charge in [0.25, 0.3) is 0 Å². The van der Waals surface area contributed by atoms with Crippen molar-refractivity contribution in [1.29, 1.82) is 0 Å². The molecule has 14 nitrogen and oxygen atoms in total. The largest absolute Gasteiger partial charge is 0.448 e. The van der Waals surface area contributed by atoms with Crippen LogP contribution in [-0.2, 0) is 41.7 Å². The van der Waals surface area contributed by atoms with Crippen LogP contribution in [0.2, 0.25) is 0 Å². The molecule has 2 aromatic carbocycles. The maximum atomic E-state index is 13.8. The van der Waals surface area contributed by atoms with Crippen molar-refractivity contribution < 1.29 is 33.4 Å². The van der Waals surface area contributed by atoms with Crippen molar-refractivity contribution >= 4 is 29.4 Å². The molecule has 1 aliphatic heterocycles. The SMILES string of the molecule is COCCCOCCNC(=O)CCC(=O)N1Cc2ccccc2-c2nnn(CCOC(=O)NCCCCC(NC(C)C)C(=O)C(C)C)c2-c2ccccc21. The predicted molar refractivity (Wildman–Crippen MR) is 207 cm³/mol. The molecule has 0 radical (unpaired) electrons. The van der Waals surface area contributed by atoms with Gasteiger partial charge < -0.3 is 35.1 Å². The Morgan fingerprint density at radius 2 is 1.59 bits per heavy atom. The number of nitrogens with zero attached hydrogens (tertiary/aromatic N) is 4. The fourth-order valence-corrected chi connectivity index (χ4v) is 6.36. The lowest BCUT2D eigenvalue weighted by Crippen LogP contribution is -2.42.